The minimum Gasteiger partial charge on any atom is -0.326 e. The van der Waals surface area contributed by atoms with Gasteiger partial charge in [-0.2, -0.15) is 0 Å². The van der Waals surface area contributed by atoms with E-state index in [0.29, 0.717) is 6.42 Å². The Bertz CT molecular complexity index is 364. The van der Waals surface area contributed by atoms with Crippen molar-refractivity contribution in [2.45, 2.75) is 60.3 Å². The van der Waals surface area contributed by atoms with Gasteiger partial charge in [-0.15, -0.1) is 0 Å². The molecular formula is C16H29NO. The minimum atomic E-state index is 0. The van der Waals surface area contributed by atoms with E-state index in [1.165, 1.54) is 11.1 Å². The lowest BCUT2D eigenvalue weighted by molar-refractivity contribution is -0.115. The van der Waals surface area contributed by atoms with Crippen molar-refractivity contribution in [3.05, 3.63) is 29.3 Å². The molecule has 0 radical (unpaired) electrons. The van der Waals surface area contributed by atoms with Crippen molar-refractivity contribution in [1.29, 1.82) is 0 Å². The zero-order valence-corrected chi connectivity index (χ0v) is 12.5. The fraction of sp³-hybridized carbons (Fsp3) is 0.562. The van der Waals surface area contributed by atoms with Crippen LogP contribution in [0, 0.1) is 0 Å². The highest BCUT2D eigenvalue weighted by Crippen LogP contribution is 2.22. The number of benzene rings is 1. The molecule has 0 saturated carbocycles. The van der Waals surface area contributed by atoms with Crippen molar-refractivity contribution in [2.75, 3.05) is 5.32 Å². The lowest BCUT2D eigenvalue weighted by atomic mass is 9.99. The third kappa shape index (κ3) is 4.91. The standard InChI is InChI=1S/C14H21NO.C2H6.H2/c1-4-8-12-11(5-2)9-7-10-13(12)15-14(16)6-3;1-2;/h7,9-10H,4-6,8H2,1-3H3,(H,15,16);1-2H3;1H. The van der Waals surface area contributed by atoms with Gasteiger partial charge in [0.25, 0.3) is 0 Å². The molecule has 0 saturated heterocycles. The van der Waals surface area contributed by atoms with Gasteiger partial charge in [-0.05, 0) is 30.0 Å². The van der Waals surface area contributed by atoms with Crippen LogP contribution >= 0.6 is 0 Å². The molecule has 0 fully saturated rings. The molecule has 1 N–H and O–H groups in total. The van der Waals surface area contributed by atoms with E-state index in [4.69, 9.17) is 0 Å². The first kappa shape index (κ1) is 16.7. The molecule has 104 valence electrons. The second kappa shape index (κ2) is 9.69. The molecule has 1 amide bonds. The van der Waals surface area contributed by atoms with Crippen LogP contribution in [0.5, 0.6) is 0 Å². The molecule has 0 aliphatic rings. The summed E-state index contributed by atoms with van der Waals surface area (Å²) in [6.07, 6.45) is 3.68. The Balaban J connectivity index is 0. The lowest BCUT2D eigenvalue weighted by Gasteiger charge is -2.14. The van der Waals surface area contributed by atoms with Crippen molar-refractivity contribution in [3.63, 3.8) is 0 Å². The van der Waals surface area contributed by atoms with Crippen LogP contribution in [0.25, 0.3) is 0 Å². The summed E-state index contributed by atoms with van der Waals surface area (Å²) in [5.74, 6) is 0.0885. The van der Waals surface area contributed by atoms with Gasteiger partial charge >= 0.3 is 0 Å². The zero-order chi connectivity index (χ0) is 14.0. The predicted molar refractivity (Wildman–Crippen MR) is 82.2 cm³/mol. The topological polar surface area (TPSA) is 29.1 Å². The molecule has 0 atom stereocenters. The van der Waals surface area contributed by atoms with E-state index in [-0.39, 0.29) is 7.33 Å². The second-order valence-corrected chi connectivity index (χ2v) is 3.95. The van der Waals surface area contributed by atoms with Gasteiger partial charge in [-0.1, -0.05) is 53.2 Å². The molecule has 0 spiro atoms. The molecule has 0 aromatic heterocycles. The summed E-state index contributed by atoms with van der Waals surface area (Å²) < 4.78 is 0. The van der Waals surface area contributed by atoms with Crippen LogP contribution in [-0.4, -0.2) is 5.91 Å². The maximum absolute atomic E-state index is 11.4. The number of nitrogens with one attached hydrogen (secondary N) is 1. The van der Waals surface area contributed by atoms with E-state index in [1.54, 1.807) is 0 Å². The molecule has 0 unspecified atom stereocenters. The Kier molecular flexibility index (Phi) is 8.99. The monoisotopic (exact) mass is 251 g/mol. The molecule has 1 aromatic carbocycles. The summed E-state index contributed by atoms with van der Waals surface area (Å²) in [6.45, 7) is 10.2. The summed E-state index contributed by atoms with van der Waals surface area (Å²) in [5, 5.41) is 2.98. The predicted octanol–water partition coefficient (Wildman–Crippen LogP) is 4.82. The maximum Gasteiger partial charge on any atom is 0.224 e. The highest BCUT2D eigenvalue weighted by atomic mass is 16.1. The molecule has 1 aromatic rings. The van der Waals surface area contributed by atoms with Crippen LogP contribution in [0.1, 0.15) is 60.0 Å². The largest absolute Gasteiger partial charge is 0.326 e. The highest BCUT2D eigenvalue weighted by Gasteiger charge is 2.08. The maximum atomic E-state index is 11.4. The number of hydrogen-bond acceptors (Lipinski definition) is 1. The average Bonchev–Trinajstić information content (AvgIpc) is 2.43. The SMILES string of the molecule is CC.CCCc1c(CC)cccc1NC(=O)CC.[HH]. The number of aryl methyl sites for hydroxylation is 1. The third-order valence-electron chi connectivity index (χ3n) is 2.75. The second-order valence-electron chi connectivity index (χ2n) is 3.95. The van der Waals surface area contributed by atoms with Crippen LogP contribution in [0.3, 0.4) is 0 Å². The van der Waals surface area contributed by atoms with Gasteiger partial charge in [0.15, 0.2) is 0 Å². The summed E-state index contributed by atoms with van der Waals surface area (Å²) in [4.78, 5) is 11.4. The van der Waals surface area contributed by atoms with Crippen molar-refractivity contribution in [1.82, 2.24) is 0 Å². The molecule has 0 aliphatic heterocycles. The van der Waals surface area contributed by atoms with E-state index in [1.807, 2.05) is 32.9 Å². The quantitative estimate of drug-likeness (QED) is 0.798. The summed E-state index contributed by atoms with van der Waals surface area (Å²) in [7, 11) is 0. The Morgan fingerprint density at radius 2 is 1.89 bits per heavy atom. The molecule has 2 nitrogen and oxygen atoms in total. The van der Waals surface area contributed by atoms with Gasteiger partial charge in [-0.25, -0.2) is 0 Å². The summed E-state index contributed by atoms with van der Waals surface area (Å²) >= 11 is 0. The van der Waals surface area contributed by atoms with Crippen molar-refractivity contribution < 1.29 is 6.22 Å². The van der Waals surface area contributed by atoms with Crippen LogP contribution in [0.2, 0.25) is 0 Å². The Morgan fingerprint density at radius 1 is 1.22 bits per heavy atom. The van der Waals surface area contributed by atoms with Crippen molar-refractivity contribution in [2.24, 2.45) is 0 Å². The van der Waals surface area contributed by atoms with Gasteiger partial charge in [0.1, 0.15) is 0 Å². The molecular weight excluding hydrogens is 222 g/mol. The first-order valence-electron chi connectivity index (χ1n) is 7.13. The molecule has 0 bridgehead atoms. The van der Waals surface area contributed by atoms with Crippen LogP contribution < -0.4 is 5.32 Å². The van der Waals surface area contributed by atoms with E-state index >= 15 is 0 Å². The van der Waals surface area contributed by atoms with Crippen molar-refractivity contribution in [3.8, 4) is 0 Å². The zero-order valence-electron chi connectivity index (χ0n) is 12.5. The number of amides is 1. The van der Waals surface area contributed by atoms with Crippen LogP contribution in [0.4, 0.5) is 5.69 Å². The first-order chi connectivity index (χ1) is 8.72. The number of carbonyl (C=O) groups is 1. The third-order valence-corrected chi connectivity index (χ3v) is 2.75. The molecule has 18 heavy (non-hydrogen) atoms. The van der Waals surface area contributed by atoms with Crippen LogP contribution in [0.15, 0.2) is 18.2 Å². The van der Waals surface area contributed by atoms with Gasteiger partial charge < -0.3 is 5.32 Å². The Labute approximate surface area is 113 Å². The van der Waals surface area contributed by atoms with E-state index in [0.717, 1.165) is 24.9 Å². The van der Waals surface area contributed by atoms with Gasteiger partial charge in [0.2, 0.25) is 5.91 Å². The minimum absolute atomic E-state index is 0. The average molecular weight is 251 g/mol. The molecule has 0 aliphatic carbocycles. The Hall–Kier alpha value is -1.31. The number of carbonyl (C=O) groups excluding carboxylic acids is 1. The lowest BCUT2D eigenvalue weighted by Crippen LogP contribution is -2.12. The molecule has 2 heteroatoms. The van der Waals surface area contributed by atoms with E-state index < -0.39 is 0 Å². The molecule has 0 heterocycles. The summed E-state index contributed by atoms with van der Waals surface area (Å²) in [5.41, 5.74) is 3.64. The number of rotatable bonds is 5. The number of anilines is 1. The van der Waals surface area contributed by atoms with E-state index in [9.17, 15) is 4.79 Å². The highest BCUT2D eigenvalue weighted by molar-refractivity contribution is 5.91. The van der Waals surface area contributed by atoms with Gasteiger partial charge in [-0.3, -0.25) is 4.79 Å². The normalized spacial score (nSPS) is 9.39. The fourth-order valence-electron chi connectivity index (χ4n) is 1.87. The first-order valence-corrected chi connectivity index (χ1v) is 7.13. The van der Waals surface area contributed by atoms with Gasteiger partial charge in [0, 0.05) is 13.5 Å². The van der Waals surface area contributed by atoms with Crippen LogP contribution in [-0.2, 0) is 17.6 Å². The Morgan fingerprint density at radius 3 is 2.39 bits per heavy atom. The smallest absolute Gasteiger partial charge is 0.224 e. The van der Waals surface area contributed by atoms with E-state index in [2.05, 4.69) is 25.2 Å². The molecule has 1 rings (SSSR count). The summed E-state index contributed by atoms with van der Waals surface area (Å²) in [6, 6.07) is 6.16. The van der Waals surface area contributed by atoms with Gasteiger partial charge in [0.05, 0.1) is 0 Å². The fourth-order valence-corrected chi connectivity index (χ4v) is 1.87. The van der Waals surface area contributed by atoms with Crippen molar-refractivity contribution >= 4 is 11.6 Å². The number of hydrogen-bond donors (Lipinski definition) is 1.